The van der Waals surface area contributed by atoms with Gasteiger partial charge in [-0.1, -0.05) is 0 Å². The number of ether oxygens (including phenoxy) is 1. The molecule has 0 aliphatic rings. The summed E-state index contributed by atoms with van der Waals surface area (Å²) >= 11 is 3.22. The largest absolute Gasteiger partial charge is 0.487 e. The van der Waals surface area contributed by atoms with Crippen LogP contribution in [0.5, 0.6) is 5.75 Å². The Bertz CT molecular complexity index is 1130. The Balaban J connectivity index is 1.81. The van der Waals surface area contributed by atoms with Crippen LogP contribution in [0.2, 0.25) is 0 Å². The number of aryl methyl sites for hydroxylation is 1. The predicted molar refractivity (Wildman–Crippen MR) is 105 cm³/mol. The Morgan fingerprint density at radius 1 is 1.31 bits per heavy atom. The van der Waals surface area contributed by atoms with Crippen molar-refractivity contribution in [1.82, 2.24) is 20.1 Å². The third-order valence-electron chi connectivity index (χ3n) is 4.24. The van der Waals surface area contributed by atoms with E-state index in [1.165, 1.54) is 17.7 Å². The van der Waals surface area contributed by atoms with E-state index in [0.29, 0.717) is 11.4 Å². The van der Waals surface area contributed by atoms with Crippen LogP contribution in [0.4, 0.5) is 8.78 Å². The zero-order chi connectivity index (χ0) is 21.1. The molecule has 0 spiro atoms. The highest BCUT2D eigenvalue weighted by molar-refractivity contribution is 9.10. The van der Waals surface area contributed by atoms with Gasteiger partial charge in [0.05, 0.1) is 12.2 Å². The maximum absolute atomic E-state index is 13.8. The molecule has 3 aromatic rings. The van der Waals surface area contributed by atoms with Crippen molar-refractivity contribution in [2.75, 3.05) is 7.05 Å². The quantitative estimate of drug-likeness (QED) is 0.584. The molecule has 3 rings (SSSR count). The van der Waals surface area contributed by atoms with Crippen LogP contribution in [0.3, 0.4) is 0 Å². The van der Waals surface area contributed by atoms with Crippen LogP contribution in [-0.2, 0) is 13.2 Å². The summed E-state index contributed by atoms with van der Waals surface area (Å²) in [6.07, 6.45) is 0. The van der Waals surface area contributed by atoms with E-state index in [1.54, 1.807) is 19.1 Å². The molecular formula is C19H17BrF2N4O3. The number of nitrogens with zero attached hydrogens (tertiary/aromatic N) is 2. The summed E-state index contributed by atoms with van der Waals surface area (Å²) in [5.74, 6) is -1.48. The Morgan fingerprint density at radius 2 is 2.07 bits per heavy atom. The van der Waals surface area contributed by atoms with Gasteiger partial charge in [0.1, 0.15) is 34.2 Å². The minimum absolute atomic E-state index is 0.142. The molecule has 29 heavy (non-hydrogen) atoms. The van der Waals surface area contributed by atoms with Crippen LogP contribution in [0.1, 0.15) is 27.4 Å². The fourth-order valence-electron chi connectivity index (χ4n) is 2.67. The van der Waals surface area contributed by atoms with Crippen molar-refractivity contribution in [3.8, 4) is 5.75 Å². The predicted octanol–water partition coefficient (Wildman–Crippen LogP) is 2.91. The summed E-state index contributed by atoms with van der Waals surface area (Å²) in [7, 11) is 1.51. The molecule has 0 unspecified atom stereocenters. The molecule has 0 fully saturated rings. The fourth-order valence-corrected chi connectivity index (χ4v) is 3.11. The van der Waals surface area contributed by atoms with E-state index >= 15 is 0 Å². The molecule has 2 aromatic heterocycles. The fraction of sp³-hybridized carbons (Fsp3) is 0.211. The van der Waals surface area contributed by atoms with E-state index in [9.17, 15) is 18.4 Å². The number of halogens is 3. The number of H-pyrrole nitrogens is 1. The van der Waals surface area contributed by atoms with Gasteiger partial charge in [-0.05, 0) is 41.1 Å². The molecule has 2 N–H and O–H groups in total. The number of nitrogens with one attached hydrogen (secondary N) is 2. The lowest BCUT2D eigenvalue weighted by Gasteiger charge is -2.14. The smallest absolute Gasteiger partial charge is 0.269 e. The Morgan fingerprint density at radius 3 is 2.76 bits per heavy atom. The van der Waals surface area contributed by atoms with Gasteiger partial charge in [0.2, 0.25) is 0 Å². The van der Waals surface area contributed by atoms with E-state index in [1.807, 2.05) is 0 Å². The molecule has 2 heterocycles. The first-order chi connectivity index (χ1) is 13.8. The third-order valence-corrected chi connectivity index (χ3v) is 4.97. The molecule has 10 heteroatoms. The summed E-state index contributed by atoms with van der Waals surface area (Å²) in [6, 6.07) is 6.37. The van der Waals surface area contributed by atoms with Crippen LogP contribution >= 0.6 is 15.9 Å². The van der Waals surface area contributed by atoms with E-state index in [4.69, 9.17) is 4.74 Å². The monoisotopic (exact) mass is 466 g/mol. The number of carbonyl (C=O) groups excluding carboxylic acids is 1. The molecule has 152 valence electrons. The average Bonchev–Trinajstić information content (AvgIpc) is 3.16. The molecule has 0 saturated carbocycles. The second kappa shape index (κ2) is 8.56. The molecule has 0 aliphatic heterocycles. The normalized spacial score (nSPS) is 10.8. The molecule has 0 bridgehead atoms. The van der Waals surface area contributed by atoms with Gasteiger partial charge >= 0.3 is 0 Å². The van der Waals surface area contributed by atoms with E-state index in [0.717, 1.165) is 12.1 Å². The van der Waals surface area contributed by atoms with Gasteiger partial charge in [0.25, 0.3) is 11.5 Å². The molecule has 0 radical (unpaired) electrons. The zero-order valence-electron chi connectivity index (χ0n) is 15.6. The van der Waals surface area contributed by atoms with Gasteiger partial charge in [-0.2, -0.15) is 5.10 Å². The molecular weight excluding hydrogens is 450 g/mol. The number of hydrogen-bond donors (Lipinski definition) is 2. The molecule has 1 aromatic carbocycles. The number of benzene rings is 1. The molecule has 0 atom stereocenters. The minimum Gasteiger partial charge on any atom is -0.487 e. The topological polar surface area (TPSA) is 89.0 Å². The number of rotatable bonds is 6. The standard InChI is InChI=1S/C19H17BrF2N4O3/c1-10-5-16(29-9-11-3-4-12(21)6-14(11)22)17(20)19(28)26(10)8-13-7-15(25-24-13)18(27)23-2/h3-7H,8-9H2,1-2H3,(H,23,27)(H,24,25). The maximum atomic E-state index is 13.8. The van der Waals surface area contributed by atoms with E-state index in [2.05, 4.69) is 31.4 Å². The summed E-state index contributed by atoms with van der Waals surface area (Å²) in [4.78, 5) is 24.4. The third kappa shape index (κ3) is 4.53. The second-order valence-electron chi connectivity index (χ2n) is 6.23. The van der Waals surface area contributed by atoms with Crippen molar-refractivity contribution >= 4 is 21.8 Å². The summed E-state index contributed by atoms with van der Waals surface area (Å²) < 4.78 is 34.0. The molecule has 0 saturated heterocycles. The molecule has 0 aliphatic carbocycles. The lowest BCUT2D eigenvalue weighted by molar-refractivity contribution is 0.0958. The van der Waals surface area contributed by atoms with Crippen LogP contribution in [-0.4, -0.2) is 27.7 Å². The summed E-state index contributed by atoms with van der Waals surface area (Å²) in [6.45, 7) is 1.69. The highest BCUT2D eigenvalue weighted by Crippen LogP contribution is 2.24. The molecule has 7 nitrogen and oxygen atoms in total. The first kappa shape index (κ1) is 20.7. The van der Waals surface area contributed by atoms with Crippen LogP contribution < -0.4 is 15.6 Å². The Labute approximate surface area is 172 Å². The van der Waals surface area contributed by atoms with Crippen LogP contribution in [0.15, 0.2) is 39.6 Å². The van der Waals surface area contributed by atoms with E-state index < -0.39 is 11.6 Å². The lowest BCUT2D eigenvalue weighted by atomic mass is 10.2. The van der Waals surface area contributed by atoms with Crippen molar-refractivity contribution in [1.29, 1.82) is 0 Å². The number of hydrogen-bond acceptors (Lipinski definition) is 4. The molecule has 1 amide bonds. The van der Waals surface area contributed by atoms with E-state index in [-0.39, 0.29) is 46.1 Å². The highest BCUT2D eigenvalue weighted by Gasteiger charge is 2.15. The van der Waals surface area contributed by atoms with Crippen molar-refractivity contribution in [2.45, 2.75) is 20.1 Å². The summed E-state index contributed by atoms with van der Waals surface area (Å²) in [5.41, 5.74) is 1.16. The summed E-state index contributed by atoms with van der Waals surface area (Å²) in [5, 5.41) is 9.14. The highest BCUT2D eigenvalue weighted by atomic mass is 79.9. The Kier molecular flexibility index (Phi) is 6.12. The average molecular weight is 467 g/mol. The van der Waals surface area contributed by atoms with Crippen LogP contribution in [0.25, 0.3) is 0 Å². The Hall–Kier alpha value is -3.01. The minimum atomic E-state index is -0.725. The van der Waals surface area contributed by atoms with Crippen molar-refractivity contribution < 1.29 is 18.3 Å². The van der Waals surface area contributed by atoms with Gasteiger partial charge < -0.3 is 14.6 Å². The first-order valence-corrected chi connectivity index (χ1v) is 9.32. The van der Waals surface area contributed by atoms with Crippen molar-refractivity contribution in [3.63, 3.8) is 0 Å². The number of amides is 1. The van der Waals surface area contributed by atoms with Crippen molar-refractivity contribution in [3.05, 3.63) is 79.4 Å². The maximum Gasteiger partial charge on any atom is 0.269 e. The van der Waals surface area contributed by atoms with Crippen molar-refractivity contribution in [2.24, 2.45) is 0 Å². The van der Waals surface area contributed by atoms with Gasteiger partial charge in [-0.25, -0.2) is 8.78 Å². The van der Waals surface area contributed by atoms with Gasteiger partial charge in [0, 0.05) is 30.4 Å². The number of aromatic amines is 1. The second-order valence-corrected chi connectivity index (χ2v) is 7.02. The van der Waals surface area contributed by atoms with Gasteiger partial charge in [-0.3, -0.25) is 14.7 Å². The van der Waals surface area contributed by atoms with Gasteiger partial charge in [0.15, 0.2) is 0 Å². The van der Waals surface area contributed by atoms with Gasteiger partial charge in [-0.15, -0.1) is 0 Å². The lowest BCUT2D eigenvalue weighted by Crippen LogP contribution is -2.24. The number of carbonyl (C=O) groups is 1. The number of pyridine rings is 1. The van der Waals surface area contributed by atoms with Crippen LogP contribution in [0, 0.1) is 18.6 Å². The first-order valence-electron chi connectivity index (χ1n) is 8.53. The number of aromatic nitrogens is 3. The zero-order valence-corrected chi connectivity index (χ0v) is 17.1. The SMILES string of the molecule is CNC(=O)c1cc(Cn2c(C)cc(OCc3ccc(F)cc3F)c(Br)c2=O)n[nH]1.